The quantitative estimate of drug-likeness (QED) is 0.113. The summed E-state index contributed by atoms with van der Waals surface area (Å²) in [7, 11) is 3.16. The third kappa shape index (κ3) is 24.3. The summed E-state index contributed by atoms with van der Waals surface area (Å²) in [6.45, 7) is 16.6. The lowest BCUT2D eigenvalue weighted by Crippen LogP contribution is -2.53. The maximum Gasteiger partial charge on any atom is 0.407 e. The number of benzene rings is 1. The number of carboxylic acid groups (broad SMARTS) is 1. The van der Waals surface area contributed by atoms with Crippen molar-refractivity contribution in [1.29, 1.82) is 0 Å². The summed E-state index contributed by atoms with van der Waals surface area (Å²) in [5, 5.41) is 41.1. The van der Waals surface area contributed by atoms with Crippen LogP contribution in [0.25, 0.3) is 0 Å². The normalized spacial score (nSPS) is 13.8. The smallest absolute Gasteiger partial charge is 0.407 e. The zero-order chi connectivity index (χ0) is 43.6. The molecule has 326 valence electrons. The molecule has 1 aromatic carbocycles. The summed E-state index contributed by atoms with van der Waals surface area (Å²) in [4.78, 5) is 85.0. The molecule has 0 radical (unpaired) electrons. The van der Waals surface area contributed by atoms with Gasteiger partial charge in [-0.3, -0.25) is 24.0 Å². The molecule has 0 saturated heterocycles. The number of hydrogen-bond donors (Lipinski definition) is 8. The van der Waals surface area contributed by atoms with Crippen LogP contribution in [-0.2, 0) is 33.4 Å². The Balaban J connectivity index is 0. The van der Waals surface area contributed by atoms with Crippen LogP contribution in [0.4, 0.5) is 9.59 Å². The second kappa shape index (κ2) is 25.3. The summed E-state index contributed by atoms with van der Waals surface area (Å²) in [6, 6.07) is 6.02. The number of aliphatic hydroxyl groups is 2. The fourth-order valence-electron chi connectivity index (χ4n) is 4.78. The highest BCUT2D eigenvalue weighted by molar-refractivity contribution is 5.91. The largest absolute Gasteiger partial charge is 0.480 e. The summed E-state index contributed by atoms with van der Waals surface area (Å²) in [5.74, 6) is -3.68. The number of carbonyl (C=O) groups excluding carboxylic acids is 6. The Kier molecular flexibility index (Phi) is 24.0. The van der Waals surface area contributed by atoms with Crippen molar-refractivity contribution >= 4 is 41.8 Å². The van der Waals surface area contributed by atoms with Crippen LogP contribution in [-0.4, -0.2) is 125 Å². The number of alkyl carbamates (subject to hydrolysis) is 2. The zero-order valence-corrected chi connectivity index (χ0v) is 34.7. The van der Waals surface area contributed by atoms with Gasteiger partial charge in [-0.1, -0.05) is 65.5 Å². The fourth-order valence-corrected chi connectivity index (χ4v) is 4.78. The minimum absolute atomic E-state index is 0. The van der Waals surface area contributed by atoms with E-state index in [1.54, 1.807) is 86.0 Å². The zero-order valence-electron chi connectivity index (χ0n) is 34.7. The second-order valence-electron chi connectivity index (χ2n) is 16.1. The van der Waals surface area contributed by atoms with Crippen molar-refractivity contribution in [3.05, 3.63) is 35.9 Å². The van der Waals surface area contributed by atoms with E-state index in [1.807, 2.05) is 27.7 Å². The maximum absolute atomic E-state index is 12.6. The summed E-state index contributed by atoms with van der Waals surface area (Å²) >= 11 is 0. The highest BCUT2D eigenvalue weighted by atomic mass is 16.6. The standard InChI is InChI=1S/C24H38N4O6.C14H26N2O6.CH4/c1-15(2)13-17(26-23(33)34-24(3,4)5)20(30)21(31)25-14-18(29)27-19(22(32)28(6)7)16-11-9-8-10-12-16;1-8(2)6-9(16-13(21)22-14(3,4)5)11(19)12(20)15-7-10(17)18;/h8-12,15,17,19-20,30H,13-14H2,1-7H3,(H,25,31)(H,26,33)(H,27,29);8-9,11,19H,6-7H2,1-5H3,(H,15,20)(H,16,21)(H,17,18);1H4/t17?,19-,20?;;/m0../s1. The van der Waals surface area contributed by atoms with Crippen LogP contribution < -0.4 is 26.6 Å². The maximum atomic E-state index is 12.6. The van der Waals surface area contributed by atoms with Gasteiger partial charge in [-0.25, -0.2) is 9.59 Å². The van der Waals surface area contributed by atoms with Crippen LogP contribution >= 0.6 is 0 Å². The Morgan fingerprint density at radius 3 is 1.39 bits per heavy atom. The number of rotatable bonds is 17. The molecular formula is C39H68N6O12. The first-order chi connectivity index (χ1) is 25.6. The van der Waals surface area contributed by atoms with Crippen molar-refractivity contribution in [3.63, 3.8) is 0 Å². The van der Waals surface area contributed by atoms with Crippen molar-refractivity contribution in [2.75, 3.05) is 27.2 Å². The molecule has 0 aliphatic carbocycles. The number of nitrogens with one attached hydrogen (secondary N) is 5. The Bertz CT molecular complexity index is 1440. The topological polar surface area (TPSA) is 262 Å². The third-order valence-electron chi connectivity index (χ3n) is 7.12. The number of aliphatic carboxylic acids is 1. The van der Waals surface area contributed by atoms with Crippen molar-refractivity contribution in [2.45, 2.75) is 131 Å². The van der Waals surface area contributed by atoms with Crippen LogP contribution in [0.1, 0.15) is 101 Å². The lowest BCUT2D eigenvalue weighted by molar-refractivity contribution is -0.140. The second-order valence-corrected chi connectivity index (χ2v) is 16.1. The minimum atomic E-state index is -1.60. The predicted octanol–water partition coefficient (Wildman–Crippen LogP) is 2.47. The van der Waals surface area contributed by atoms with Gasteiger partial charge in [-0.15, -0.1) is 0 Å². The highest BCUT2D eigenvalue weighted by Gasteiger charge is 2.32. The van der Waals surface area contributed by atoms with Crippen molar-refractivity contribution in [2.24, 2.45) is 11.8 Å². The fraction of sp³-hybridized carbons (Fsp3) is 0.667. The van der Waals surface area contributed by atoms with Gasteiger partial charge < -0.3 is 56.3 Å². The molecule has 0 aliphatic rings. The number of likely N-dealkylation sites (N-methyl/N-ethyl adjacent to an activating group) is 1. The third-order valence-corrected chi connectivity index (χ3v) is 7.12. The summed E-state index contributed by atoms with van der Waals surface area (Å²) < 4.78 is 10.3. The molecule has 18 heteroatoms. The Hall–Kier alpha value is -4.97. The molecule has 6 amide bonds. The molecule has 0 spiro atoms. The van der Waals surface area contributed by atoms with Gasteiger partial charge in [0.25, 0.3) is 11.8 Å². The molecule has 1 rings (SSSR count). The molecule has 18 nitrogen and oxygen atoms in total. The average molecular weight is 813 g/mol. The molecule has 0 aliphatic heterocycles. The molecule has 5 atom stereocenters. The van der Waals surface area contributed by atoms with Gasteiger partial charge in [-0.05, 0) is 71.8 Å². The minimum Gasteiger partial charge on any atom is -0.480 e. The molecule has 1 aromatic rings. The monoisotopic (exact) mass is 812 g/mol. The van der Waals surface area contributed by atoms with E-state index >= 15 is 0 Å². The van der Waals surface area contributed by atoms with E-state index in [0.717, 1.165) is 0 Å². The van der Waals surface area contributed by atoms with E-state index < -0.39 is 90.5 Å². The van der Waals surface area contributed by atoms with Crippen LogP contribution in [0, 0.1) is 11.8 Å². The Labute approximate surface area is 337 Å². The molecule has 0 saturated carbocycles. The lowest BCUT2D eigenvalue weighted by atomic mass is 9.98. The van der Waals surface area contributed by atoms with Gasteiger partial charge in [0, 0.05) is 14.1 Å². The van der Waals surface area contributed by atoms with Gasteiger partial charge in [0.15, 0.2) is 12.2 Å². The number of hydrogen-bond acceptors (Lipinski definition) is 11. The molecule has 0 fully saturated rings. The molecule has 0 aromatic heterocycles. The lowest BCUT2D eigenvalue weighted by Gasteiger charge is -2.27. The van der Waals surface area contributed by atoms with E-state index in [-0.39, 0.29) is 25.2 Å². The van der Waals surface area contributed by atoms with Crippen LogP contribution in [0.2, 0.25) is 0 Å². The Morgan fingerprint density at radius 1 is 0.667 bits per heavy atom. The first-order valence-electron chi connectivity index (χ1n) is 18.3. The number of aliphatic hydroxyl groups excluding tert-OH is 2. The predicted molar refractivity (Wildman–Crippen MR) is 214 cm³/mol. The van der Waals surface area contributed by atoms with E-state index in [2.05, 4.69) is 26.6 Å². The van der Waals surface area contributed by atoms with Crippen LogP contribution in [0.15, 0.2) is 30.3 Å². The van der Waals surface area contributed by atoms with Crippen LogP contribution in [0.3, 0.4) is 0 Å². The number of nitrogens with zero attached hydrogens (tertiary/aromatic N) is 1. The first kappa shape index (κ1) is 54.1. The number of ether oxygens (including phenoxy) is 2. The van der Waals surface area contributed by atoms with Crippen LogP contribution in [0.5, 0.6) is 0 Å². The van der Waals surface area contributed by atoms with Crippen molar-refractivity contribution in [3.8, 4) is 0 Å². The van der Waals surface area contributed by atoms with Gasteiger partial charge in [0.1, 0.15) is 23.8 Å². The number of amides is 6. The molecule has 4 unspecified atom stereocenters. The van der Waals surface area contributed by atoms with E-state index in [4.69, 9.17) is 14.6 Å². The summed E-state index contributed by atoms with van der Waals surface area (Å²) in [5.41, 5.74) is -0.848. The highest BCUT2D eigenvalue weighted by Crippen LogP contribution is 2.16. The Morgan fingerprint density at radius 2 is 1.05 bits per heavy atom. The number of carboxylic acids is 1. The van der Waals surface area contributed by atoms with E-state index in [0.29, 0.717) is 18.4 Å². The molecule has 0 heterocycles. The van der Waals surface area contributed by atoms with Crippen molar-refractivity contribution < 1.29 is 58.4 Å². The van der Waals surface area contributed by atoms with Gasteiger partial charge >= 0.3 is 18.2 Å². The van der Waals surface area contributed by atoms with Gasteiger partial charge in [-0.2, -0.15) is 0 Å². The van der Waals surface area contributed by atoms with E-state index in [9.17, 15) is 43.8 Å². The van der Waals surface area contributed by atoms with Gasteiger partial charge in [0.05, 0.1) is 18.6 Å². The van der Waals surface area contributed by atoms with Gasteiger partial charge in [0.2, 0.25) is 11.8 Å². The van der Waals surface area contributed by atoms with E-state index in [1.165, 1.54) is 4.90 Å². The SMILES string of the molecule is C.CC(C)CC(NC(=O)OC(C)(C)C)C(O)C(=O)NCC(=O)N[C@H](C(=O)N(C)C)c1ccccc1.CC(C)CC(NC(=O)OC(C)(C)C)C(O)C(=O)NCC(=O)O. The number of carbonyl (C=O) groups is 7. The molecular weight excluding hydrogens is 744 g/mol. The van der Waals surface area contributed by atoms with Crippen molar-refractivity contribution in [1.82, 2.24) is 31.5 Å². The molecule has 57 heavy (non-hydrogen) atoms. The molecule has 8 N–H and O–H groups in total. The summed E-state index contributed by atoms with van der Waals surface area (Å²) in [6.07, 6.45) is -4.02. The first-order valence-corrected chi connectivity index (χ1v) is 18.3. The average Bonchev–Trinajstić information content (AvgIpc) is 3.05. The molecule has 0 bridgehead atoms.